The second-order valence-electron chi connectivity index (χ2n) is 8.43. The molecule has 3 rings (SSSR count). The molecule has 3 saturated carbocycles. The summed E-state index contributed by atoms with van der Waals surface area (Å²) in [5.41, 5.74) is 12.2. The van der Waals surface area contributed by atoms with Crippen LogP contribution in [-0.2, 0) is 0 Å². The molecule has 22 heavy (non-hydrogen) atoms. The van der Waals surface area contributed by atoms with Gasteiger partial charge in [-0.05, 0) is 89.1 Å². The zero-order chi connectivity index (χ0) is 15.4. The molecule has 0 aromatic carbocycles. The molecule has 3 fully saturated rings. The van der Waals surface area contributed by atoms with Crippen LogP contribution in [0.15, 0.2) is 0 Å². The largest absolute Gasteiger partial charge is 0.328 e. The Kier molecular flexibility index (Phi) is 6.17. The summed E-state index contributed by atoms with van der Waals surface area (Å²) in [7, 11) is 0. The minimum Gasteiger partial charge on any atom is -0.328 e. The number of nitrogens with two attached hydrogens (primary N) is 2. The van der Waals surface area contributed by atoms with Gasteiger partial charge in [0.25, 0.3) is 0 Å². The molecule has 0 aromatic rings. The third kappa shape index (κ3) is 4.69. The maximum atomic E-state index is 6.08. The van der Waals surface area contributed by atoms with Crippen molar-refractivity contribution < 1.29 is 0 Å². The topological polar surface area (TPSA) is 55.3 Å². The van der Waals surface area contributed by atoms with E-state index in [0.717, 1.165) is 17.9 Å². The van der Waals surface area contributed by atoms with Crippen molar-refractivity contribution in [3.05, 3.63) is 0 Å². The lowest BCUT2D eigenvalue weighted by atomic mass is 10.0. The number of hydrogen-bond acceptors (Lipinski definition) is 3. The highest BCUT2D eigenvalue weighted by molar-refractivity contribution is 4.84. The first-order valence-electron chi connectivity index (χ1n) is 9.96. The van der Waals surface area contributed by atoms with Crippen molar-refractivity contribution >= 4 is 0 Å². The summed E-state index contributed by atoms with van der Waals surface area (Å²) in [4.78, 5) is 2.85. The quantitative estimate of drug-likeness (QED) is 0.759. The first-order chi connectivity index (χ1) is 10.7. The predicted octanol–water partition coefficient (Wildman–Crippen LogP) is 3.27. The number of rotatable bonds is 7. The Morgan fingerprint density at radius 3 is 1.59 bits per heavy atom. The van der Waals surface area contributed by atoms with Crippen molar-refractivity contribution in [3.63, 3.8) is 0 Å². The lowest BCUT2D eigenvalue weighted by molar-refractivity contribution is 0.172. The van der Waals surface area contributed by atoms with Crippen molar-refractivity contribution in [2.24, 2.45) is 23.3 Å². The van der Waals surface area contributed by atoms with E-state index in [1.807, 2.05) is 0 Å². The fourth-order valence-corrected chi connectivity index (χ4v) is 5.19. The van der Waals surface area contributed by atoms with Crippen LogP contribution in [0.4, 0.5) is 0 Å². The van der Waals surface area contributed by atoms with Gasteiger partial charge in [-0.3, -0.25) is 0 Å². The molecule has 3 heteroatoms. The van der Waals surface area contributed by atoms with Gasteiger partial charge in [-0.1, -0.05) is 12.8 Å². The van der Waals surface area contributed by atoms with Crippen LogP contribution in [0.25, 0.3) is 0 Å². The molecule has 3 aliphatic carbocycles. The van der Waals surface area contributed by atoms with Crippen LogP contribution in [0, 0.1) is 11.8 Å². The van der Waals surface area contributed by atoms with Crippen LogP contribution < -0.4 is 11.5 Å². The summed E-state index contributed by atoms with van der Waals surface area (Å²) >= 11 is 0. The summed E-state index contributed by atoms with van der Waals surface area (Å²) in [5.74, 6) is 1.80. The molecule has 0 spiro atoms. The van der Waals surface area contributed by atoms with Gasteiger partial charge < -0.3 is 16.4 Å². The van der Waals surface area contributed by atoms with Gasteiger partial charge in [0, 0.05) is 18.1 Å². The van der Waals surface area contributed by atoms with Crippen LogP contribution in [0.5, 0.6) is 0 Å². The van der Waals surface area contributed by atoms with Gasteiger partial charge in [0.1, 0.15) is 0 Å². The van der Waals surface area contributed by atoms with Gasteiger partial charge in [0.05, 0.1) is 0 Å². The molecule has 0 amide bonds. The molecule has 128 valence electrons. The lowest BCUT2D eigenvalue weighted by Gasteiger charge is -2.31. The summed E-state index contributed by atoms with van der Waals surface area (Å²) in [5, 5.41) is 0. The predicted molar refractivity (Wildman–Crippen MR) is 93.7 cm³/mol. The van der Waals surface area contributed by atoms with Crippen LogP contribution in [0.2, 0.25) is 0 Å². The van der Waals surface area contributed by atoms with Crippen molar-refractivity contribution in [2.75, 3.05) is 13.1 Å². The summed E-state index contributed by atoms with van der Waals surface area (Å²) in [6.07, 6.45) is 16.3. The van der Waals surface area contributed by atoms with Gasteiger partial charge in [0.2, 0.25) is 0 Å². The zero-order valence-corrected chi connectivity index (χ0v) is 14.4. The fourth-order valence-electron chi connectivity index (χ4n) is 5.19. The first-order valence-corrected chi connectivity index (χ1v) is 9.96. The van der Waals surface area contributed by atoms with Gasteiger partial charge in [-0.25, -0.2) is 0 Å². The molecular formula is C19H37N3. The molecule has 0 saturated heterocycles. The minimum atomic E-state index is 0.491. The Balaban J connectivity index is 1.44. The minimum absolute atomic E-state index is 0.491. The molecule has 0 aliphatic heterocycles. The number of nitrogens with zero attached hydrogens (tertiary/aromatic N) is 1. The maximum Gasteiger partial charge on any atom is 0.00952 e. The van der Waals surface area contributed by atoms with Crippen LogP contribution >= 0.6 is 0 Å². The van der Waals surface area contributed by atoms with E-state index < -0.39 is 0 Å². The van der Waals surface area contributed by atoms with E-state index in [9.17, 15) is 0 Å². The Labute approximate surface area is 137 Å². The SMILES string of the molecule is NC1CCC(CCN(CCC2CCC(N)C2)C2CCCC2)C1. The summed E-state index contributed by atoms with van der Waals surface area (Å²) < 4.78 is 0. The smallest absolute Gasteiger partial charge is 0.00952 e. The van der Waals surface area contributed by atoms with Crippen LogP contribution in [0.1, 0.15) is 77.0 Å². The second-order valence-corrected chi connectivity index (χ2v) is 8.43. The second kappa shape index (κ2) is 8.12. The Morgan fingerprint density at radius 2 is 1.18 bits per heavy atom. The Hall–Kier alpha value is -0.120. The molecule has 4 N–H and O–H groups in total. The zero-order valence-electron chi connectivity index (χ0n) is 14.4. The fraction of sp³-hybridized carbons (Fsp3) is 1.00. The van der Waals surface area contributed by atoms with E-state index in [0.29, 0.717) is 12.1 Å². The standard InChI is InChI=1S/C19H37N3/c20-17-7-5-15(13-17)9-11-22(19-3-1-2-4-19)12-10-16-6-8-18(21)14-16/h15-19H,1-14,20-21H2. The van der Waals surface area contributed by atoms with E-state index in [4.69, 9.17) is 11.5 Å². The maximum absolute atomic E-state index is 6.08. The van der Waals surface area contributed by atoms with E-state index in [1.54, 1.807) is 0 Å². The van der Waals surface area contributed by atoms with Crippen molar-refractivity contribution in [1.29, 1.82) is 0 Å². The number of hydrogen-bond donors (Lipinski definition) is 2. The molecule has 0 heterocycles. The molecule has 3 nitrogen and oxygen atoms in total. The molecule has 0 radical (unpaired) electrons. The Morgan fingerprint density at radius 1 is 0.682 bits per heavy atom. The lowest BCUT2D eigenvalue weighted by Crippen LogP contribution is -2.36. The third-order valence-electron chi connectivity index (χ3n) is 6.65. The van der Waals surface area contributed by atoms with E-state index in [1.165, 1.54) is 90.1 Å². The monoisotopic (exact) mass is 307 g/mol. The van der Waals surface area contributed by atoms with Crippen LogP contribution in [0.3, 0.4) is 0 Å². The van der Waals surface area contributed by atoms with Gasteiger partial charge in [0.15, 0.2) is 0 Å². The van der Waals surface area contributed by atoms with Gasteiger partial charge in [-0.2, -0.15) is 0 Å². The summed E-state index contributed by atoms with van der Waals surface area (Å²) in [6.45, 7) is 2.64. The first kappa shape index (κ1) is 16.7. The van der Waals surface area contributed by atoms with Crippen LogP contribution in [-0.4, -0.2) is 36.1 Å². The molecule has 4 atom stereocenters. The van der Waals surface area contributed by atoms with E-state index >= 15 is 0 Å². The van der Waals surface area contributed by atoms with E-state index in [2.05, 4.69) is 4.90 Å². The normalized spacial score (nSPS) is 36.7. The molecule has 4 unspecified atom stereocenters. The molecule has 0 bridgehead atoms. The Bertz CT molecular complexity index is 303. The highest BCUT2D eigenvalue weighted by Gasteiger charge is 2.27. The summed E-state index contributed by atoms with van der Waals surface area (Å²) in [6, 6.07) is 1.86. The molecular weight excluding hydrogens is 270 g/mol. The highest BCUT2D eigenvalue weighted by Crippen LogP contribution is 2.31. The average Bonchev–Trinajstić information content (AvgIpc) is 3.22. The highest BCUT2D eigenvalue weighted by atomic mass is 15.2. The van der Waals surface area contributed by atoms with Gasteiger partial charge in [-0.15, -0.1) is 0 Å². The molecule has 0 aromatic heterocycles. The van der Waals surface area contributed by atoms with E-state index in [-0.39, 0.29) is 0 Å². The van der Waals surface area contributed by atoms with Crippen molar-refractivity contribution in [1.82, 2.24) is 4.90 Å². The third-order valence-corrected chi connectivity index (χ3v) is 6.65. The molecule has 3 aliphatic rings. The average molecular weight is 308 g/mol. The van der Waals surface area contributed by atoms with Gasteiger partial charge >= 0.3 is 0 Å². The van der Waals surface area contributed by atoms with Crippen molar-refractivity contribution in [3.8, 4) is 0 Å². The van der Waals surface area contributed by atoms with Crippen molar-refractivity contribution in [2.45, 2.75) is 95.2 Å².